The maximum atomic E-state index is 12.7. The van der Waals surface area contributed by atoms with Crippen molar-refractivity contribution in [1.29, 1.82) is 0 Å². The van der Waals surface area contributed by atoms with E-state index in [1.807, 2.05) is 12.1 Å². The van der Waals surface area contributed by atoms with Gasteiger partial charge >= 0.3 is 0 Å². The van der Waals surface area contributed by atoms with E-state index >= 15 is 0 Å². The molecule has 2 fully saturated rings. The van der Waals surface area contributed by atoms with E-state index in [0.29, 0.717) is 42.5 Å². The first-order valence-electron chi connectivity index (χ1n) is 9.70. The van der Waals surface area contributed by atoms with Crippen LogP contribution in [0.2, 0.25) is 0 Å². The average Bonchev–Trinajstić information content (AvgIpc) is 2.63. The highest BCUT2D eigenvalue weighted by molar-refractivity contribution is 7.89. The van der Waals surface area contributed by atoms with Gasteiger partial charge in [0, 0.05) is 26.2 Å². The summed E-state index contributed by atoms with van der Waals surface area (Å²) < 4.78 is 32.2. The van der Waals surface area contributed by atoms with Gasteiger partial charge in [0.2, 0.25) is 10.0 Å². The van der Waals surface area contributed by atoms with Crippen LogP contribution in [0, 0.1) is 11.3 Å². The minimum absolute atomic E-state index is 0.373. The summed E-state index contributed by atoms with van der Waals surface area (Å²) in [6.07, 6.45) is 2.52. The van der Waals surface area contributed by atoms with Crippen molar-refractivity contribution in [3.8, 4) is 0 Å². The molecule has 0 radical (unpaired) electrons. The standard InChI is InChI=1S/C20H32N2O3S/c1-17(2)20(3)9-4-10-21(16-20)15-18-5-7-19(8-6-18)26(23,24)22-11-13-25-14-12-22/h5-8,17H,4,9-16H2,1-3H3. The van der Waals surface area contributed by atoms with Crippen LogP contribution in [-0.2, 0) is 21.3 Å². The van der Waals surface area contributed by atoms with Crippen molar-refractivity contribution >= 4 is 10.0 Å². The molecule has 2 heterocycles. The Hall–Kier alpha value is -0.950. The lowest BCUT2D eigenvalue weighted by molar-refractivity contribution is 0.0588. The summed E-state index contributed by atoms with van der Waals surface area (Å²) >= 11 is 0. The van der Waals surface area contributed by atoms with Crippen molar-refractivity contribution in [2.75, 3.05) is 39.4 Å². The molecule has 0 amide bonds. The highest BCUT2D eigenvalue weighted by Crippen LogP contribution is 2.37. The van der Waals surface area contributed by atoms with E-state index in [1.165, 1.54) is 22.7 Å². The summed E-state index contributed by atoms with van der Waals surface area (Å²) in [7, 11) is -3.40. The molecule has 1 aromatic rings. The number of ether oxygens (including phenoxy) is 1. The minimum atomic E-state index is -3.40. The molecule has 1 atom stereocenters. The van der Waals surface area contributed by atoms with Gasteiger partial charge in [-0.25, -0.2) is 8.42 Å². The van der Waals surface area contributed by atoms with Crippen LogP contribution in [0.25, 0.3) is 0 Å². The van der Waals surface area contributed by atoms with Crippen LogP contribution in [-0.4, -0.2) is 57.0 Å². The van der Waals surface area contributed by atoms with Gasteiger partial charge < -0.3 is 4.74 Å². The first-order chi connectivity index (χ1) is 12.3. The van der Waals surface area contributed by atoms with Gasteiger partial charge in [-0.1, -0.05) is 32.9 Å². The predicted molar refractivity (Wildman–Crippen MR) is 103 cm³/mol. The van der Waals surface area contributed by atoms with Gasteiger partial charge in [-0.3, -0.25) is 4.90 Å². The van der Waals surface area contributed by atoms with Gasteiger partial charge in [-0.2, -0.15) is 4.31 Å². The minimum Gasteiger partial charge on any atom is -0.379 e. The highest BCUT2D eigenvalue weighted by Gasteiger charge is 2.33. The lowest BCUT2D eigenvalue weighted by Crippen LogP contribution is -2.43. The average molecular weight is 381 g/mol. The predicted octanol–water partition coefficient (Wildman–Crippen LogP) is 2.97. The van der Waals surface area contributed by atoms with Gasteiger partial charge in [0.15, 0.2) is 0 Å². The Morgan fingerprint density at radius 1 is 1.12 bits per heavy atom. The smallest absolute Gasteiger partial charge is 0.243 e. The van der Waals surface area contributed by atoms with E-state index in [9.17, 15) is 8.42 Å². The van der Waals surface area contributed by atoms with Gasteiger partial charge in [-0.05, 0) is 48.4 Å². The molecule has 3 rings (SSSR count). The van der Waals surface area contributed by atoms with Crippen LogP contribution in [0.4, 0.5) is 0 Å². The van der Waals surface area contributed by atoms with Crippen molar-refractivity contribution in [2.45, 2.75) is 45.1 Å². The second-order valence-corrected chi connectivity index (χ2v) is 10.2. The molecule has 1 unspecified atom stereocenters. The van der Waals surface area contributed by atoms with Gasteiger partial charge in [0.1, 0.15) is 0 Å². The molecule has 0 aromatic heterocycles. The number of nitrogens with zero attached hydrogens (tertiary/aromatic N) is 2. The molecule has 0 bridgehead atoms. The monoisotopic (exact) mass is 380 g/mol. The molecule has 2 saturated heterocycles. The van der Waals surface area contributed by atoms with Crippen molar-refractivity contribution in [2.24, 2.45) is 11.3 Å². The van der Waals surface area contributed by atoms with E-state index in [0.717, 1.165) is 19.6 Å². The van der Waals surface area contributed by atoms with Gasteiger partial charge in [-0.15, -0.1) is 0 Å². The number of sulfonamides is 1. The van der Waals surface area contributed by atoms with E-state index in [-0.39, 0.29) is 0 Å². The molecule has 146 valence electrons. The largest absolute Gasteiger partial charge is 0.379 e. The van der Waals surface area contributed by atoms with Crippen molar-refractivity contribution in [1.82, 2.24) is 9.21 Å². The number of piperidine rings is 1. The SMILES string of the molecule is CC(C)C1(C)CCCN(Cc2ccc(S(=O)(=O)N3CCOCC3)cc2)C1. The van der Waals surface area contributed by atoms with Gasteiger partial charge in [0.25, 0.3) is 0 Å². The number of likely N-dealkylation sites (tertiary alicyclic amines) is 1. The van der Waals surface area contributed by atoms with Crippen LogP contribution in [0.5, 0.6) is 0 Å². The van der Waals surface area contributed by atoms with Crippen LogP contribution in [0.15, 0.2) is 29.2 Å². The maximum Gasteiger partial charge on any atom is 0.243 e. The quantitative estimate of drug-likeness (QED) is 0.788. The molecule has 5 nitrogen and oxygen atoms in total. The molecule has 0 saturated carbocycles. The topological polar surface area (TPSA) is 49.9 Å². The third-order valence-corrected chi connectivity index (χ3v) is 8.05. The molecule has 0 spiro atoms. The summed E-state index contributed by atoms with van der Waals surface area (Å²) in [4.78, 5) is 2.89. The summed E-state index contributed by atoms with van der Waals surface area (Å²) in [6.45, 7) is 12.0. The van der Waals surface area contributed by atoms with Crippen LogP contribution in [0.3, 0.4) is 0 Å². The van der Waals surface area contributed by atoms with E-state index in [4.69, 9.17) is 4.74 Å². The zero-order valence-electron chi connectivity index (χ0n) is 16.3. The highest BCUT2D eigenvalue weighted by atomic mass is 32.2. The normalized spacial score (nSPS) is 26.3. The third kappa shape index (κ3) is 4.30. The maximum absolute atomic E-state index is 12.7. The van der Waals surface area contributed by atoms with Crippen molar-refractivity contribution < 1.29 is 13.2 Å². The molecular weight excluding hydrogens is 348 g/mol. The Bertz CT molecular complexity index is 696. The zero-order valence-corrected chi connectivity index (χ0v) is 17.1. The number of rotatable bonds is 5. The molecule has 2 aliphatic rings. The Labute approximate surface area is 158 Å². The third-order valence-electron chi connectivity index (χ3n) is 6.14. The Balaban J connectivity index is 1.66. The fraction of sp³-hybridized carbons (Fsp3) is 0.700. The zero-order chi connectivity index (χ0) is 18.8. The Morgan fingerprint density at radius 3 is 2.38 bits per heavy atom. The Morgan fingerprint density at radius 2 is 1.77 bits per heavy atom. The molecule has 2 aliphatic heterocycles. The van der Waals surface area contributed by atoms with Crippen LogP contribution >= 0.6 is 0 Å². The number of hydrogen-bond acceptors (Lipinski definition) is 4. The summed E-state index contributed by atoms with van der Waals surface area (Å²) in [5.74, 6) is 0.673. The molecule has 26 heavy (non-hydrogen) atoms. The molecule has 0 aliphatic carbocycles. The molecule has 1 aromatic carbocycles. The van der Waals surface area contributed by atoms with E-state index in [2.05, 4.69) is 25.7 Å². The number of benzene rings is 1. The van der Waals surface area contributed by atoms with Gasteiger partial charge in [0.05, 0.1) is 18.1 Å². The second kappa shape index (κ2) is 7.97. The summed E-state index contributed by atoms with van der Waals surface area (Å²) in [6, 6.07) is 7.45. The Kier molecular flexibility index (Phi) is 6.07. The molecular formula is C20H32N2O3S. The summed E-state index contributed by atoms with van der Waals surface area (Å²) in [5, 5.41) is 0. The number of hydrogen-bond donors (Lipinski definition) is 0. The lowest BCUT2D eigenvalue weighted by Gasteiger charge is -2.43. The van der Waals surface area contributed by atoms with Crippen molar-refractivity contribution in [3.63, 3.8) is 0 Å². The van der Waals surface area contributed by atoms with E-state index in [1.54, 1.807) is 12.1 Å². The van der Waals surface area contributed by atoms with E-state index < -0.39 is 10.0 Å². The molecule has 6 heteroatoms. The summed E-state index contributed by atoms with van der Waals surface area (Å²) in [5.41, 5.74) is 1.55. The first-order valence-corrected chi connectivity index (χ1v) is 11.1. The lowest BCUT2D eigenvalue weighted by atomic mass is 9.73. The van der Waals surface area contributed by atoms with Crippen molar-refractivity contribution in [3.05, 3.63) is 29.8 Å². The fourth-order valence-corrected chi connectivity index (χ4v) is 5.35. The fourth-order valence-electron chi connectivity index (χ4n) is 3.94. The van der Waals surface area contributed by atoms with Crippen LogP contribution < -0.4 is 0 Å². The molecule has 0 N–H and O–H groups in total. The van der Waals surface area contributed by atoms with Crippen LogP contribution in [0.1, 0.15) is 39.2 Å². The first kappa shape index (κ1) is 19.8. The second-order valence-electron chi connectivity index (χ2n) is 8.28. The number of morpholine rings is 1.